The van der Waals surface area contributed by atoms with E-state index in [0.717, 1.165) is 17.2 Å². The standard InChI is InChI=1S/C21H22N6O2/c1-3-21-14-29-12-11-27(21)18-16(25(2)19(21)28)13-23-20(24-18)26-10-9-22-17(26)15-7-5-4-6-8-15/h4-10,13H,3,11-12,14H2,1-2H3/t21-/m1/s1. The molecule has 29 heavy (non-hydrogen) atoms. The Balaban J connectivity index is 1.65. The van der Waals surface area contributed by atoms with Crippen molar-refractivity contribution in [1.29, 1.82) is 0 Å². The summed E-state index contributed by atoms with van der Waals surface area (Å²) in [4.78, 5) is 30.9. The van der Waals surface area contributed by atoms with Crippen LogP contribution >= 0.6 is 0 Å². The van der Waals surface area contributed by atoms with Gasteiger partial charge in [0, 0.05) is 31.5 Å². The fraction of sp³-hybridized carbons (Fsp3) is 0.333. The number of hydrogen-bond acceptors (Lipinski definition) is 6. The highest BCUT2D eigenvalue weighted by molar-refractivity contribution is 6.07. The zero-order valence-corrected chi connectivity index (χ0v) is 16.4. The van der Waals surface area contributed by atoms with E-state index in [2.05, 4.69) is 14.9 Å². The lowest BCUT2D eigenvalue weighted by molar-refractivity contribution is -0.128. The summed E-state index contributed by atoms with van der Waals surface area (Å²) in [6, 6.07) is 9.95. The van der Waals surface area contributed by atoms with Crippen LogP contribution in [0.1, 0.15) is 13.3 Å². The summed E-state index contributed by atoms with van der Waals surface area (Å²) in [6.07, 6.45) is 5.97. The fourth-order valence-electron chi connectivity index (χ4n) is 4.21. The number of nitrogens with zero attached hydrogens (tertiary/aromatic N) is 6. The number of anilines is 2. The van der Waals surface area contributed by atoms with Gasteiger partial charge in [0.2, 0.25) is 5.95 Å². The molecule has 0 radical (unpaired) electrons. The molecule has 0 unspecified atom stereocenters. The molecule has 1 atom stereocenters. The van der Waals surface area contributed by atoms with E-state index in [1.807, 2.05) is 48.0 Å². The minimum atomic E-state index is -0.719. The number of amides is 1. The lowest BCUT2D eigenvalue weighted by Crippen LogP contribution is -2.68. The molecule has 1 amide bonds. The summed E-state index contributed by atoms with van der Waals surface area (Å²) >= 11 is 0. The first kappa shape index (κ1) is 17.8. The van der Waals surface area contributed by atoms with Gasteiger partial charge in [0.25, 0.3) is 5.91 Å². The van der Waals surface area contributed by atoms with Crippen molar-refractivity contribution in [1.82, 2.24) is 19.5 Å². The number of aromatic nitrogens is 4. The van der Waals surface area contributed by atoms with Gasteiger partial charge in [0.15, 0.2) is 5.82 Å². The SMILES string of the molecule is CC[C@]12COCCN1c1nc(-n3ccnc3-c3ccccc3)ncc1N(C)C2=O. The van der Waals surface area contributed by atoms with Gasteiger partial charge in [0.05, 0.1) is 19.4 Å². The number of carbonyl (C=O) groups excluding carboxylic acids is 1. The smallest absolute Gasteiger partial charge is 0.255 e. The minimum Gasteiger partial charge on any atom is -0.377 e. The highest BCUT2D eigenvalue weighted by Crippen LogP contribution is 2.41. The molecule has 2 aromatic heterocycles. The molecule has 2 aliphatic heterocycles. The molecule has 1 aromatic carbocycles. The van der Waals surface area contributed by atoms with Crippen LogP contribution in [-0.4, -0.2) is 57.8 Å². The van der Waals surface area contributed by atoms with E-state index in [1.165, 1.54) is 0 Å². The molecule has 0 N–H and O–H groups in total. The number of rotatable bonds is 3. The number of ether oxygens (including phenoxy) is 1. The van der Waals surface area contributed by atoms with E-state index in [0.29, 0.717) is 37.8 Å². The van der Waals surface area contributed by atoms with Gasteiger partial charge in [-0.15, -0.1) is 0 Å². The Hall–Kier alpha value is -3.26. The fourth-order valence-corrected chi connectivity index (χ4v) is 4.21. The third-order valence-corrected chi connectivity index (χ3v) is 5.85. The molecule has 1 fully saturated rings. The molecule has 2 aliphatic rings. The zero-order valence-electron chi connectivity index (χ0n) is 16.4. The summed E-state index contributed by atoms with van der Waals surface area (Å²) < 4.78 is 7.57. The first-order valence-electron chi connectivity index (χ1n) is 9.75. The lowest BCUT2D eigenvalue weighted by atomic mass is 9.89. The molecule has 0 saturated carbocycles. The second-order valence-corrected chi connectivity index (χ2v) is 7.32. The van der Waals surface area contributed by atoms with Gasteiger partial charge in [-0.2, -0.15) is 4.98 Å². The van der Waals surface area contributed by atoms with Crippen molar-refractivity contribution < 1.29 is 9.53 Å². The molecule has 0 aliphatic carbocycles. The highest BCUT2D eigenvalue weighted by Gasteiger charge is 2.52. The lowest BCUT2D eigenvalue weighted by Gasteiger charge is -2.51. The number of likely N-dealkylation sites (N-methyl/N-ethyl adjacent to an activating group) is 1. The third kappa shape index (κ3) is 2.56. The first-order chi connectivity index (χ1) is 14.2. The van der Waals surface area contributed by atoms with Crippen molar-refractivity contribution in [2.75, 3.05) is 36.6 Å². The van der Waals surface area contributed by atoms with Crippen LogP contribution in [0.3, 0.4) is 0 Å². The van der Waals surface area contributed by atoms with Gasteiger partial charge < -0.3 is 14.5 Å². The normalized spacial score (nSPS) is 21.1. The number of morpholine rings is 1. The van der Waals surface area contributed by atoms with Crippen LogP contribution in [0.5, 0.6) is 0 Å². The second-order valence-electron chi connectivity index (χ2n) is 7.32. The second kappa shape index (κ2) is 6.66. The van der Waals surface area contributed by atoms with E-state index in [4.69, 9.17) is 9.72 Å². The number of hydrogen-bond donors (Lipinski definition) is 0. The Kier molecular flexibility index (Phi) is 4.09. The van der Waals surface area contributed by atoms with Crippen LogP contribution in [-0.2, 0) is 9.53 Å². The minimum absolute atomic E-state index is 0.0242. The van der Waals surface area contributed by atoms with Crippen LogP contribution < -0.4 is 9.80 Å². The maximum Gasteiger partial charge on any atom is 0.255 e. The Morgan fingerprint density at radius 3 is 2.83 bits per heavy atom. The highest BCUT2D eigenvalue weighted by atomic mass is 16.5. The number of carbonyl (C=O) groups is 1. The van der Waals surface area contributed by atoms with Gasteiger partial charge in [-0.05, 0) is 6.42 Å². The maximum atomic E-state index is 13.2. The molecule has 0 spiro atoms. The Morgan fingerprint density at radius 2 is 2.03 bits per heavy atom. The summed E-state index contributed by atoms with van der Waals surface area (Å²) in [5.74, 6) is 2.08. The topological polar surface area (TPSA) is 76.4 Å². The largest absolute Gasteiger partial charge is 0.377 e. The average Bonchev–Trinajstić information content (AvgIpc) is 3.27. The number of fused-ring (bicyclic) bond motifs is 3. The Labute approximate surface area is 168 Å². The van der Waals surface area contributed by atoms with Crippen LogP contribution in [0.4, 0.5) is 11.5 Å². The van der Waals surface area contributed by atoms with Crippen molar-refractivity contribution >= 4 is 17.4 Å². The molecular formula is C21H22N6O2. The molecule has 148 valence electrons. The first-order valence-corrected chi connectivity index (χ1v) is 9.75. The molecule has 4 heterocycles. The van der Waals surface area contributed by atoms with Gasteiger partial charge >= 0.3 is 0 Å². The molecule has 5 rings (SSSR count). The summed E-state index contributed by atoms with van der Waals surface area (Å²) in [7, 11) is 1.78. The van der Waals surface area contributed by atoms with Crippen molar-refractivity contribution in [2.45, 2.75) is 18.9 Å². The molecule has 8 nitrogen and oxygen atoms in total. The Morgan fingerprint density at radius 1 is 1.21 bits per heavy atom. The van der Waals surface area contributed by atoms with Crippen molar-refractivity contribution in [2.24, 2.45) is 0 Å². The number of benzene rings is 1. The molecule has 8 heteroatoms. The van der Waals surface area contributed by atoms with Crippen LogP contribution in [0.15, 0.2) is 48.9 Å². The summed E-state index contributed by atoms with van der Waals surface area (Å²) in [5.41, 5.74) is 0.981. The molecule has 0 bridgehead atoms. The predicted octanol–water partition coefficient (Wildman–Crippen LogP) is 2.29. The van der Waals surface area contributed by atoms with E-state index >= 15 is 0 Å². The zero-order chi connectivity index (χ0) is 20.0. The van der Waals surface area contributed by atoms with Gasteiger partial charge in [-0.3, -0.25) is 9.36 Å². The van der Waals surface area contributed by atoms with Crippen LogP contribution in [0, 0.1) is 0 Å². The maximum absolute atomic E-state index is 13.2. The molecule has 1 saturated heterocycles. The van der Waals surface area contributed by atoms with E-state index in [-0.39, 0.29) is 5.91 Å². The number of imidazole rings is 1. The van der Waals surface area contributed by atoms with Gasteiger partial charge in [-0.1, -0.05) is 37.3 Å². The molecular weight excluding hydrogens is 368 g/mol. The predicted molar refractivity (Wildman–Crippen MR) is 109 cm³/mol. The molecule has 3 aromatic rings. The summed E-state index contributed by atoms with van der Waals surface area (Å²) in [6.45, 7) is 3.57. The van der Waals surface area contributed by atoms with Crippen LogP contribution in [0.2, 0.25) is 0 Å². The van der Waals surface area contributed by atoms with E-state index in [9.17, 15) is 4.79 Å². The van der Waals surface area contributed by atoms with Gasteiger partial charge in [-0.25, -0.2) is 9.97 Å². The average molecular weight is 390 g/mol. The van der Waals surface area contributed by atoms with E-state index < -0.39 is 5.54 Å². The van der Waals surface area contributed by atoms with Crippen molar-refractivity contribution in [3.05, 3.63) is 48.9 Å². The monoisotopic (exact) mass is 390 g/mol. The van der Waals surface area contributed by atoms with Gasteiger partial charge in [0.1, 0.15) is 17.1 Å². The quantitative estimate of drug-likeness (QED) is 0.683. The Bertz CT molecular complexity index is 1070. The van der Waals surface area contributed by atoms with Crippen molar-refractivity contribution in [3.63, 3.8) is 0 Å². The van der Waals surface area contributed by atoms with Crippen molar-refractivity contribution in [3.8, 4) is 17.3 Å². The van der Waals surface area contributed by atoms with Crippen LogP contribution in [0.25, 0.3) is 17.3 Å². The van der Waals surface area contributed by atoms with E-state index in [1.54, 1.807) is 24.3 Å². The summed E-state index contributed by atoms with van der Waals surface area (Å²) in [5, 5.41) is 0. The third-order valence-electron chi connectivity index (χ3n) is 5.85.